The van der Waals surface area contributed by atoms with Crippen molar-refractivity contribution in [2.24, 2.45) is 5.73 Å². The van der Waals surface area contributed by atoms with Crippen LogP contribution in [0.15, 0.2) is 24.4 Å². The Morgan fingerprint density at radius 2 is 2.37 bits per heavy atom. The highest BCUT2D eigenvalue weighted by molar-refractivity contribution is 5.98. The molecule has 2 heterocycles. The van der Waals surface area contributed by atoms with E-state index in [0.29, 0.717) is 0 Å². The van der Waals surface area contributed by atoms with Crippen LogP contribution in [-0.2, 0) is 0 Å². The number of hydrogen-bond acceptors (Lipinski definition) is 3. The summed E-state index contributed by atoms with van der Waals surface area (Å²) in [6.45, 7) is 2.80. The van der Waals surface area contributed by atoms with Crippen molar-refractivity contribution >= 4 is 16.8 Å². The molecule has 100 valence electrons. The molecule has 0 saturated carbocycles. The third-order valence-corrected chi connectivity index (χ3v) is 3.86. The first-order chi connectivity index (χ1) is 9.15. The van der Waals surface area contributed by atoms with Crippen molar-refractivity contribution in [3.63, 3.8) is 0 Å². The summed E-state index contributed by atoms with van der Waals surface area (Å²) in [7, 11) is 0. The van der Waals surface area contributed by atoms with E-state index < -0.39 is 0 Å². The van der Waals surface area contributed by atoms with Gasteiger partial charge in [0.15, 0.2) is 0 Å². The number of nitrogens with one attached hydrogen (secondary N) is 1. The standard InChI is InChI=1S/C14H18N4O/c1-9-6-12(15)4-5-18(9)14(19)10-2-3-13-11(7-10)8-16-17-13/h2-3,7-9,12H,4-6,15H2,1H3,(H,16,17)/t9-,12+/m0/s1. The number of piperidine rings is 1. The van der Waals surface area contributed by atoms with Gasteiger partial charge in [0.1, 0.15) is 0 Å². The van der Waals surface area contributed by atoms with Crippen molar-refractivity contribution < 1.29 is 4.79 Å². The zero-order valence-electron chi connectivity index (χ0n) is 11.0. The molecule has 1 aliphatic rings. The van der Waals surface area contributed by atoms with Gasteiger partial charge in [-0.25, -0.2) is 0 Å². The van der Waals surface area contributed by atoms with Gasteiger partial charge in [-0.05, 0) is 38.0 Å². The van der Waals surface area contributed by atoms with Crippen LogP contribution in [0.2, 0.25) is 0 Å². The lowest BCUT2D eigenvalue weighted by Crippen LogP contribution is -2.48. The first kappa shape index (κ1) is 12.2. The molecule has 0 aliphatic carbocycles. The number of rotatable bonds is 1. The lowest BCUT2D eigenvalue weighted by Gasteiger charge is -2.36. The number of aromatic amines is 1. The maximum atomic E-state index is 12.5. The molecule has 1 aromatic carbocycles. The number of fused-ring (bicyclic) bond motifs is 1. The summed E-state index contributed by atoms with van der Waals surface area (Å²) in [6.07, 6.45) is 3.49. The number of nitrogens with two attached hydrogens (primary N) is 1. The van der Waals surface area contributed by atoms with E-state index in [4.69, 9.17) is 5.73 Å². The van der Waals surface area contributed by atoms with Gasteiger partial charge in [-0.2, -0.15) is 5.10 Å². The average molecular weight is 258 g/mol. The highest BCUT2D eigenvalue weighted by Gasteiger charge is 2.27. The van der Waals surface area contributed by atoms with Crippen molar-refractivity contribution in [1.82, 2.24) is 15.1 Å². The number of nitrogens with zero attached hydrogens (tertiary/aromatic N) is 2. The maximum Gasteiger partial charge on any atom is 0.254 e. The summed E-state index contributed by atoms with van der Waals surface area (Å²) in [5, 5.41) is 7.83. The molecular weight excluding hydrogens is 240 g/mol. The number of benzene rings is 1. The minimum Gasteiger partial charge on any atom is -0.336 e. The second kappa shape index (κ2) is 4.66. The predicted octanol–water partition coefficient (Wildman–Crippen LogP) is 1.51. The molecule has 19 heavy (non-hydrogen) atoms. The first-order valence-electron chi connectivity index (χ1n) is 6.65. The Balaban J connectivity index is 1.86. The second-order valence-electron chi connectivity index (χ2n) is 5.30. The largest absolute Gasteiger partial charge is 0.336 e. The lowest BCUT2D eigenvalue weighted by molar-refractivity contribution is 0.0619. The molecule has 5 nitrogen and oxygen atoms in total. The number of hydrogen-bond donors (Lipinski definition) is 2. The molecule has 1 saturated heterocycles. The van der Waals surface area contributed by atoms with E-state index in [9.17, 15) is 4.79 Å². The smallest absolute Gasteiger partial charge is 0.254 e. The predicted molar refractivity (Wildman–Crippen MR) is 73.8 cm³/mol. The van der Waals surface area contributed by atoms with Crippen molar-refractivity contribution in [3.8, 4) is 0 Å². The van der Waals surface area contributed by atoms with E-state index >= 15 is 0 Å². The minimum atomic E-state index is 0.0856. The van der Waals surface area contributed by atoms with E-state index in [2.05, 4.69) is 17.1 Å². The van der Waals surface area contributed by atoms with E-state index in [0.717, 1.165) is 35.9 Å². The summed E-state index contributed by atoms with van der Waals surface area (Å²) < 4.78 is 0. The molecule has 0 bridgehead atoms. The van der Waals surface area contributed by atoms with E-state index in [-0.39, 0.29) is 18.0 Å². The summed E-state index contributed by atoms with van der Waals surface area (Å²) in [5.74, 6) is 0.0856. The number of carbonyl (C=O) groups is 1. The van der Waals surface area contributed by atoms with E-state index in [1.165, 1.54) is 0 Å². The van der Waals surface area contributed by atoms with Gasteiger partial charge in [0.2, 0.25) is 0 Å². The van der Waals surface area contributed by atoms with Crippen molar-refractivity contribution in [2.45, 2.75) is 31.8 Å². The molecule has 0 unspecified atom stereocenters. The molecule has 3 rings (SSSR count). The zero-order chi connectivity index (χ0) is 13.4. The molecule has 2 atom stereocenters. The van der Waals surface area contributed by atoms with Crippen LogP contribution in [-0.4, -0.2) is 39.6 Å². The third-order valence-electron chi connectivity index (χ3n) is 3.86. The molecule has 0 radical (unpaired) electrons. The van der Waals surface area contributed by atoms with E-state index in [1.54, 1.807) is 6.20 Å². The molecule has 1 fully saturated rings. The summed E-state index contributed by atoms with van der Waals surface area (Å²) in [4.78, 5) is 14.5. The quantitative estimate of drug-likeness (QED) is 0.814. The molecule has 3 N–H and O–H groups in total. The van der Waals surface area contributed by atoms with Crippen LogP contribution in [0.1, 0.15) is 30.1 Å². The van der Waals surface area contributed by atoms with Crippen LogP contribution in [0, 0.1) is 0 Å². The molecule has 5 heteroatoms. The Morgan fingerprint density at radius 3 is 3.16 bits per heavy atom. The molecular formula is C14H18N4O. The minimum absolute atomic E-state index is 0.0856. The zero-order valence-corrected chi connectivity index (χ0v) is 11.0. The van der Waals surface area contributed by atoms with Gasteiger partial charge in [0, 0.05) is 29.6 Å². The first-order valence-corrected chi connectivity index (χ1v) is 6.65. The fourth-order valence-electron chi connectivity index (χ4n) is 2.75. The normalized spacial score (nSPS) is 23.8. The van der Waals surface area contributed by atoms with Crippen molar-refractivity contribution in [1.29, 1.82) is 0 Å². The highest BCUT2D eigenvalue weighted by atomic mass is 16.2. The maximum absolute atomic E-state index is 12.5. The number of aromatic nitrogens is 2. The van der Waals surface area contributed by atoms with Gasteiger partial charge in [-0.3, -0.25) is 9.89 Å². The van der Waals surface area contributed by atoms with E-state index in [1.807, 2.05) is 23.1 Å². The number of amides is 1. The number of carbonyl (C=O) groups excluding carboxylic acids is 1. The van der Waals surface area contributed by atoms with Crippen molar-refractivity contribution in [2.75, 3.05) is 6.54 Å². The van der Waals surface area contributed by atoms with Crippen LogP contribution >= 0.6 is 0 Å². The molecule has 1 aromatic heterocycles. The van der Waals surface area contributed by atoms with Gasteiger partial charge in [0.25, 0.3) is 5.91 Å². The fourth-order valence-corrected chi connectivity index (χ4v) is 2.75. The van der Waals surface area contributed by atoms with Gasteiger partial charge in [-0.1, -0.05) is 0 Å². The average Bonchev–Trinajstić information content (AvgIpc) is 2.85. The molecule has 1 aliphatic heterocycles. The van der Waals surface area contributed by atoms with Crippen LogP contribution < -0.4 is 5.73 Å². The fraction of sp³-hybridized carbons (Fsp3) is 0.429. The number of H-pyrrole nitrogens is 1. The Labute approximate surface area is 111 Å². The Morgan fingerprint density at radius 1 is 1.53 bits per heavy atom. The Kier molecular flexibility index (Phi) is 2.98. The van der Waals surface area contributed by atoms with Gasteiger partial charge >= 0.3 is 0 Å². The summed E-state index contributed by atoms with van der Waals surface area (Å²) >= 11 is 0. The topological polar surface area (TPSA) is 75.0 Å². The SMILES string of the molecule is C[C@H]1C[C@H](N)CCN1C(=O)c1ccc2[nH]ncc2c1. The van der Waals surface area contributed by atoms with Gasteiger partial charge in [0.05, 0.1) is 11.7 Å². The number of likely N-dealkylation sites (tertiary alicyclic amines) is 1. The van der Waals surface area contributed by atoms with Crippen LogP contribution in [0.4, 0.5) is 0 Å². The van der Waals surface area contributed by atoms with Crippen molar-refractivity contribution in [3.05, 3.63) is 30.0 Å². The third kappa shape index (κ3) is 2.21. The highest BCUT2D eigenvalue weighted by Crippen LogP contribution is 2.20. The van der Waals surface area contributed by atoms with Gasteiger partial charge in [-0.15, -0.1) is 0 Å². The molecule has 0 spiro atoms. The van der Waals surface area contributed by atoms with Crippen LogP contribution in [0.25, 0.3) is 10.9 Å². The monoisotopic (exact) mass is 258 g/mol. The van der Waals surface area contributed by atoms with Crippen LogP contribution in [0.3, 0.4) is 0 Å². The Hall–Kier alpha value is -1.88. The molecule has 2 aromatic rings. The molecule has 1 amide bonds. The lowest BCUT2D eigenvalue weighted by atomic mass is 9.98. The van der Waals surface area contributed by atoms with Gasteiger partial charge < -0.3 is 10.6 Å². The van der Waals surface area contributed by atoms with Crippen LogP contribution in [0.5, 0.6) is 0 Å². The second-order valence-corrected chi connectivity index (χ2v) is 5.30. The summed E-state index contributed by atoms with van der Waals surface area (Å²) in [6, 6.07) is 6.06. The summed E-state index contributed by atoms with van der Waals surface area (Å²) in [5.41, 5.74) is 7.60. The Bertz CT molecular complexity index is 606.